The number of ether oxygens (including phenoxy) is 2. The van der Waals surface area contributed by atoms with Gasteiger partial charge in [0.05, 0.1) is 24.8 Å². The van der Waals surface area contributed by atoms with Crippen molar-refractivity contribution >= 4 is 29.1 Å². The topological polar surface area (TPSA) is 76.1 Å². The van der Waals surface area contributed by atoms with Gasteiger partial charge in [0.1, 0.15) is 11.5 Å². The average Bonchev–Trinajstić information content (AvgIpc) is 3.01. The highest BCUT2D eigenvalue weighted by Crippen LogP contribution is 2.40. The van der Waals surface area contributed by atoms with Crippen molar-refractivity contribution in [3.63, 3.8) is 0 Å². The van der Waals surface area contributed by atoms with Crippen LogP contribution in [0, 0.1) is 12.8 Å². The molecule has 1 N–H and O–H groups in total. The van der Waals surface area contributed by atoms with E-state index < -0.39 is 17.7 Å². The molecule has 1 heterocycles. The first-order valence-electron chi connectivity index (χ1n) is 10.5. The molecule has 0 unspecified atom stereocenters. The van der Waals surface area contributed by atoms with E-state index in [1.807, 2.05) is 13.0 Å². The first-order valence-corrected chi connectivity index (χ1v) is 10.9. The summed E-state index contributed by atoms with van der Waals surface area (Å²) in [5.74, 6) is -0.541. The third-order valence-electron chi connectivity index (χ3n) is 5.30. The van der Waals surface area contributed by atoms with Crippen LogP contribution in [0.15, 0.2) is 48.0 Å². The molecule has 6 nitrogen and oxygen atoms in total. The maximum Gasteiger partial charge on any atom is 0.295 e. The predicted octanol–water partition coefficient (Wildman–Crippen LogP) is 4.75. The van der Waals surface area contributed by atoms with Crippen molar-refractivity contribution in [2.24, 2.45) is 5.92 Å². The van der Waals surface area contributed by atoms with Crippen molar-refractivity contribution in [2.75, 3.05) is 26.9 Å². The van der Waals surface area contributed by atoms with Crippen LogP contribution in [-0.2, 0) is 14.3 Å². The average molecular weight is 458 g/mol. The lowest BCUT2D eigenvalue weighted by atomic mass is 9.94. The monoisotopic (exact) mass is 457 g/mol. The molecule has 1 aliphatic rings. The predicted molar refractivity (Wildman–Crippen MR) is 124 cm³/mol. The number of rotatable bonds is 8. The quantitative estimate of drug-likeness (QED) is 0.351. The van der Waals surface area contributed by atoms with Gasteiger partial charge in [-0.3, -0.25) is 9.59 Å². The number of carbonyl (C=O) groups excluding carboxylic acids is 2. The highest BCUT2D eigenvalue weighted by molar-refractivity contribution is 6.46. The van der Waals surface area contributed by atoms with E-state index in [1.54, 1.807) is 36.4 Å². The molecule has 0 bridgehead atoms. The Bertz CT molecular complexity index is 1030. The summed E-state index contributed by atoms with van der Waals surface area (Å²) in [6.07, 6.45) is 0. The van der Waals surface area contributed by atoms with Crippen LogP contribution in [0.1, 0.15) is 36.6 Å². The van der Waals surface area contributed by atoms with Crippen molar-refractivity contribution in [2.45, 2.75) is 26.8 Å². The lowest BCUT2D eigenvalue weighted by Gasteiger charge is -2.25. The van der Waals surface area contributed by atoms with E-state index in [2.05, 4.69) is 13.8 Å². The maximum absolute atomic E-state index is 13.0. The summed E-state index contributed by atoms with van der Waals surface area (Å²) in [6, 6.07) is 11.4. The number of amides is 1. The first kappa shape index (κ1) is 23.8. The fourth-order valence-corrected chi connectivity index (χ4v) is 3.82. The SMILES string of the molecule is COCCN1C(=O)C(=O)C(=C(O)c2ccc(OCC(C)C)cc2C)[C@H]1c1ccc(Cl)cc1. The fraction of sp³-hybridized carbons (Fsp3) is 0.360. The van der Waals surface area contributed by atoms with Crippen LogP contribution in [0.5, 0.6) is 5.75 Å². The molecule has 1 amide bonds. The van der Waals surface area contributed by atoms with Crippen molar-refractivity contribution in [1.29, 1.82) is 0 Å². The molecule has 2 aromatic rings. The van der Waals surface area contributed by atoms with Crippen LogP contribution >= 0.6 is 11.6 Å². The molecule has 170 valence electrons. The Morgan fingerprint density at radius 2 is 1.84 bits per heavy atom. The number of Topliss-reactive ketones (excluding diaryl/α,β-unsaturated/α-hetero) is 1. The van der Waals surface area contributed by atoms with E-state index in [9.17, 15) is 14.7 Å². The summed E-state index contributed by atoms with van der Waals surface area (Å²) in [4.78, 5) is 27.3. The van der Waals surface area contributed by atoms with Gasteiger partial charge < -0.3 is 19.5 Å². The number of methoxy groups -OCH3 is 1. The van der Waals surface area contributed by atoms with Gasteiger partial charge in [-0.15, -0.1) is 0 Å². The highest BCUT2D eigenvalue weighted by Gasteiger charge is 2.46. The number of aliphatic hydroxyl groups is 1. The lowest BCUT2D eigenvalue weighted by Crippen LogP contribution is -2.32. The second-order valence-corrected chi connectivity index (χ2v) is 8.65. The largest absolute Gasteiger partial charge is 0.507 e. The van der Waals surface area contributed by atoms with Crippen LogP contribution in [-0.4, -0.2) is 48.6 Å². The van der Waals surface area contributed by atoms with Crippen molar-refractivity contribution in [1.82, 2.24) is 4.90 Å². The molecule has 0 radical (unpaired) electrons. The van der Waals surface area contributed by atoms with Gasteiger partial charge in [0.15, 0.2) is 0 Å². The molecule has 2 aromatic carbocycles. The van der Waals surface area contributed by atoms with Crippen LogP contribution in [0.3, 0.4) is 0 Å². The van der Waals surface area contributed by atoms with Crippen LogP contribution < -0.4 is 4.74 Å². The smallest absolute Gasteiger partial charge is 0.295 e. The Balaban J connectivity index is 2.07. The zero-order valence-electron chi connectivity index (χ0n) is 18.7. The number of aryl methyl sites for hydroxylation is 1. The molecule has 7 heteroatoms. The summed E-state index contributed by atoms with van der Waals surface area (Å²) in [5.41, 5.74) is 1.94. The number of likely N-dealkylation sites (tertiary alicyclic amines) is 1. The molecule has 32 heavy (non-hydrogen) atoms. The summed E-state index contributed by atoms with van der Waals surface area (Å²) in [6.45, 7) is 7.00. The molecule has 0 saturated carbocycles. The Morgan fingerprint density at radius 3 is 2.44 bits per heavy atom. The minimum absolute atomic E-state index is 0.0485. The van der Waals surface area contributed by atoms with Gasteiger partial charge in [-0.25, -0.2) is 0 Å². The Labute approximate surface area is 193 Å². The minimum atomic E-state index is -0.737. The van der Waals surface area contributed by atoms with Gasteiger partial charge in [-0.1, -0.05) is 37.6 Å². The number of halogens is 1. The van der Waals surface area contributed by atoms with Gasteiger partial charge in [0.2, 0.25) is 0 Å². The molecule has 1 fully saturated rings. The molecular formula is C25H28ClNO5. The molecule has 3 rings (SSSR count). The lowest BCUT2D eigenvalue weighted by molar-refractivity contribution is -0.140. The molecule has 0 aliphatic carbocycles. The third-order valence-corrected chi connectivity index (χ3v) is 5.55. The van der Waals surface area contributed by atoms with E-state index in [4.69, 9.17) is 21.1 Å². The molecule has 1 saturated heterocycles. The van der Waals surface area contributed by atoms with Gasteiger partial charge in [0, 0.05) is 24.2 Å². The zero-order valence-corrected chi connectivity index (χ0v) is 19.5. The van der Waals surface area contributed by atoms with E-state index in [1.165, 1.54) is 12.0 Å². The van der Waals surface area contributed by atoms with Crippen LogP contribution in [0.4, 0.5) is 0 Å². The van der Waals surface area contributed by atoms with Crippen molar-refractivity contribution < 1.29 is 24.2 Å². The molecule has 1 aliphatic heterocycles. The van der Waals surface area contributed by atoms with E-state index in [0.717, 1.165) is 5.56 Å². The molecule has 1 atom stereocenters. The number of hydrogen-bond acceptors (Lipinski definition) is 5. The van der Waals surface area contributed by atoms with E-state index in [0.29, 0.717) is 34.4 Å². The van der Waals surface area contributed by atoms with Gasteiger partial charge in [-0.2, -0.15) is 0 Å². The Hall–Kier alpha value is -2.83. The van der Waals surface area contributed by atoms with Gasteiger partial charge in [-0.05, 0) is 54.3 Å². The summed E-state index contributed by atoms with van der Waals surface area (Å²) >= 11 is 6.03. The number of aliphatic hydroxyl groups excluding tert-OH is 1. The second-order valence-electron chi connectivity index (χ2n) is 8.22. The third kappa shape index (κ3) is 4.97. The number of carbonyl (C=O) groups is 2. The summed E-state index contributed by atoms with van der Waals surface area (Å²) < 4.78 is 10.9. The number of ketones is 1. The summed E-state index contributed by atoms with van der Waals surface area (Å²) in [7, 11) is 1.53. The zero-order chi connectivity index (χ0) is 23.4. The summed E-state index contributed by atoms with van der Waals surface area (Å²) in [5, 5.41) is 11.7. The van der Waals surface area contributed by atoms with E-state index in [-0.39, 0.29) is 24.5 Å². The molecule has 0 spiro atoms. The van der Waals surface area contributed by atoms with Gasteiger partial charge >= 0.3 is 0 Å². The minimum Gasteiger partial charge on any atom is -0.507 e. The molecule has 0 aromatic heterocycles. The standard InChI is InChI=1S/C25H28ClNO5/c1-15(2)14-32-19-9-10-20(16(3)13-19)23(28)21-22(17-5-7-18(26)8-6-17)27(11-12-31-4)25(30)24(21)29/h5-10,13,15,22,28H,11-12,14H2,1-4H3/t22-/m1/s1. The second kappa shape index (κ2) is 10.2. The first-order chi connectivity index (χ1) is 15.2. The Morgan fingerprint density at radius 1 is 1.16 bits per heavy atom. The fourth-order valence-electron chi connectivity index (χ4n) is 3.69. The number of benzene rings is 2. The highest BCUT2D eigenvalue weighted by atomic mass is 35.5. The van der Waals surface area contributed by atoms with E-state index >= 15 is 0 Å². The number of hydrogen-bond donors (Lipinski definition) is 1. The Kier molecular flexibility index (Phi) is 7.59. The molecular weight excluding hydrogens is 430 g/mol. The van der Waals surface area contributed by atoms with Crippen LogP contribution in [0.2, 0.25) is 5.02 Å². The maximum atomic E-state index is 13.0. The van der Waals surface area contributed by atoms with Crippen molar-refractivity contribution in [3.05, 3.63) is 69.8 Å². The van der Waals surface area contributed by atoms with Gasteiger partial charge in [0.25, 0.3) is 11.7 Å². The number of nitrogens with zero attached hydrogens (tertiary/aromatic N) is 1. The van der Waals surface area contributed by atoms with Crippen molar-refractivity contribution in [3.8, 4) is 5.75 Å². The van der Waals surface area contributed by atoms with Crippen LogP contribution in [0.25, 0.3) is 5.76 Å². The normalized spacial score (nSPS) is 17.9.